The summed E-state index contributed by atoms with van der Waals surface area (Å²) in [5, 5.41) is 16.3. The fraction of sp³-hybridized carbons (Fsp3) is 0.316. The highest BCUT2D eigenvalue weighted by Gasteiger charge is 2.31. The Morgan fingerprint density at radius 3 is 2.48 bits per heavy atom. The summed E-state index contributed by atoms with van der Waals surface area (Å²) < 4.78 is 14.9. The first-order chi connectivity index (χ1) is 11.2. The predicted molar refractivity (Wildman–Crippen MR) is 88.0 cm³/mol. The van der Waals surface area contributed by atoms with Crippen LogP contribution in [-0.4, -0.2) is 14.9 Å². The van der Waals surface area contributed by atoms with E-state index in [-0.39, 0.29) is 5.82 Å². The fourth-order valence-electron chi connectivity index (χ4n) is 3.54. The van der Waals surface area contributed by atoms with Crippen molar-refractivity contribution in [2.24, 2.45) is 0 Å². The van der Waals surface area contributed by atoms with Crippen LogP contribution in [-0.2, 0) is 5.60 Å². The van der Waals surface area contributed by atoms with Crippen LogP contribution in [0.4, 0.5) is 4.39 Å². The van der Waals surface area contributed by atoms with Gasteiger partial charge in [0.2, 0.25) is 0 Å². The van der Waals surface area contributed by atoms with E-state index in [1.807, 2.05) is 18.2 Å². The van der Waals surface area contributed by atoms with Gasteiger partial charge in [-0.3, -0.25) is 0 Å². The molecular weight excluding hydrogens is 291 g/mol. The lowest BCUT2D eigenvalue weighted by molar-refractivity contribution is -0.000508. The third-order valence-electron chi connectivity index (χ3n) is 4.86. The maximum absolute atomic E-state index is 13.1. The van der Waals surface area contributed by atoms with Crippen molar-refractivity contribution in [3.63, 3.8) is 0 Å². The van der Waals surface area contributed by atoms with Crippen molar-refractivity contribution in [2.75, 3.05) is 0 Å². The highest BCUT2D eigenvalue weighted by Crippen LogP contribution is 2.38. The molecule has 0 radical (unpaired) electrons. The van der Waals surface area contributed by atoms with Gasteiger partial charge in [0.25, 0.3) is 0 Å². The van der Waals surface area contributed by atoms with Gasteiger partial charge in [-0.25, -0.2) is 9.07 Å². The summed E-state index contributed by atoms with van der Waals surface area (Å²) in [4.78, 5) is 0. The molecular formula is C19H19FN2O. The Hall–Kier alpha value is -2.20. The van der Waals surface area contributed by atoms with Crippen LogP contribution in [0.3, 0.4) is 0 Å². The van der Waals surface area contributed by atoms with Crippen LogP contribution >= 0.6 is 0 Å². The second-order valence-corrected chi connectivity index (χ2v) is 6.40. The molecule has 0 amide bonds. The Labute approximate surface area is 134 Å². The molecule has 1 saturated carbocycles. The van der Waals surface area contributed by atoms with E-state index in [4.69, 9.17) is 0 Å². The molecule has 1 fully saturated rings. The molecule has 1 heterocycles. The molecule has 0 aliphatic heterocycles. The third-order valence-corrected chi connectivity index (χ3v) is 4.86. The normalized spacial score (nSPS) is 17.5. The number of halogens is 1. The summed E-state index contributed by atoms with van der Waals surface area (Å²) in [5.41, 5.74) is 2.05. The summed E-state index contributed by atoms with van der Waals surface area (Å²) in [6, 6.07) is 12.3. The van der Waals surface area contributed by atoms with E-state index in [0.29, 0.717) is 0 Å². The maximum atomic E-state index is 13.1. The van der Waals surface area contributed by atoms with E-state index in [0.717, 1.165) is 47.8 Å². The zero-order chi connectivity index (χ0) is 15.9. The predicted octanol–water partition coefficient (Wildman–Crippen LogP) is 4.32. The quantitative estimate of drug-likeness (QED) is 0.765. The molecule has 118 valence electrons. The van der Waals surface area contributed by atoms with Gasteiger partial charge in [-0.15, -0.1) is 0 Å². The van der Waals surface area contributed by atoms with Crippen LogP contribution in [0.5, 0.6) is 0 Å². The summed E-state index contributed by atoms with van der Waals surface area (Å²) in [6.07, 6.45) is 6.80. The molecule has 3 aromatic rings. The molecule has 0 unspecified atom stereocenters. The third kappa shape index (κ3) is 2.53. The van der Waals surface area contributed by atoms with Gasteiger partial charge in [0.1, 0.15) is 5.82 Å². The van der Waals surface area contributed by atoms with Gasteiger partial charge in [0.05, 0.1) is 23.0 Å². The number of fused-ring (bicyclic) bond motifs is 1. The fourth-order valence-corrected chi connectivity index (χ4v) is 3.54. The molecule has 2 aromatic carbocycles. The van der Waals surface area contributed by atoms with Gasteiger partial charge in [-0.05, 0) is 54.8 Å². The van der Waals surface area contributed by atoms with Crippen LogP contribution in [0, 0.1) is 5.82 Å². The summed E-state index contributed by atoms with van der Waals surface area (Å²) in [6.45, 7) is 0. The summed E-state index contributed by atoms with van der Waals surface area (Å²) >= 11 is 0. The molecule has 1 aliphatic rings. The Morgan fingerprint density at radius 1 is 1.00 bits per heavy atom. The molecule has 1 aliphatic carbocycles. The minimum absolute atomic E-state index is 0.257. The number of rotatable bonds is 2. The number of nitrogens with zero attached hydrogens (tertiary/aromatic N) is 2. The SMILES string of the molecule is OC1(c2ccc3c(cnn3-c3ccc(F)cc3)c2)CCCCC1. The van der Waals surface area contributed by atoms with Gasteiger partial charge >= 0.3 is 0 Å². The minimum Gasteiger partial charge on any atom is -0.385 e. The lowest BCUT2D eigenvalue weighted by Gasteiger charge is -2.32. The van der Waals surface area contributed by atoms with Crippen LogP contribution in [0.2, 0.25) is 0 Å². The Kier molecular flexibility index (Phi) is 3.42. The van der Waals surface area contributed by atoms with Crippen molar-refractivity contribution in [1.82, 2.24) is 9.78 Å². The topological polar surface area (TPSA) is 38.1 Å². The Balaban J connectivity index is 1.75. The molecule has 1 aromatic heterocycles. The van der Waals surface area contributed by atoms with E-state index < -0.39 is 5.60 Å². The van der Waals surface area contributed by atoms with Crippen molar-refractivity contribution in [1.29, 1.82) is 0 Å². The smallest absolute Gasteiger partial charge is 0.123 e. The van der Waals surface area contributed by atoms with Gasteiger partial charge in [0, 0.05) is 5.39 Å². The minimum atomic E-state index is -0.704. The van der Waals surface area contributed by atoms with Crippen molar-refractivity contribution >= 4 is 10.9 Å². The molecule has 1 N–H and O–H groups in total. The van der Waals surface area contributed by atoms with Crippen molar-refractivity contribution < 1.29 is 9.50 Å². The van der Waals surface area contributed by atoms with Crippen LogP contribution in [0.15, 0.2) is 48.7 Å². The van der Waals surface area contributed by atoms with Crippen LogP contribution in [0.1, 0.15) is 37.7 Å². The van der Waals surface area contributed by atoms with Crippen molar-refractivity contribution in [2.45, 2.75) is 37.7 Å². The largest absolute Gasteiger partial charge is 0.385 e. The second-order valence-electron chi connectivity index (χ2n) is 6.40. The summed E-state index contributed by atoms with van der Waals surface area (Å²) in [5.74, 6) is -0.257. The number of benzene rings is 2. The molecule has 23 heavy (non-hydrogen) atoms. The van der Waals surface area contributed by atoms with E-state index >= 15 is 0 Å². The maximum Gasteiger partial charge on any atom is 0.123 e. The summed E-state index contributed by atoms with van der Waals surface area (Å²) in [7, 11) is 0. The lowest BCUT2D eigenvalue weighted by Crippen LogP contribution is -2.28. The lowest BCUT2D eigenvalue weighted by atomic mass is 9.79. The molecule has 0 bridgehead atoms. The van der Waals surface area contributed by atoms with Gasteiger partial charge < -0.3 is 5.11 Å². The zero-order valence-corrected chi connectivity index (χ0v) is 12.9. The standard InChI is InChI=1S/C19H19FN2O/c20-16-5-7-17(8-6-16)22-18-9-4-15(12-14(18)13-21-22)19(23)10-2-1-3-11-19/h4-9,12-13,23H,1-3,10-11H2. The zero-order valence-electron chi connectivity index (χ0n) is 12.9. The molecule has 0 spiro atoms. The van der Waals surface area contributed by atoms with Crippen molar-refractivity contribution in [3.05, 3.63) is 60.0 Å². The van der Waals surface area contributed by atoms with E-state index in [9.17, 15) is 9.50 Å². The van der Waals surface area contributed by atoms with Crippen LogP contribution in [0.25, 0.3) is 16.6 Å². The van der Waals surface area contributed by atoms with Gasteiger partial charge in [-0.2, -0.15) is 5.10 Å². The van der Waals surface area contributed by atoms with Crippen molar-refractivity contribution in [3.8, 4) is 5.69 Å². The highest BCUT2D eigenvalue weighted by atomic mass is 19.1. The molecule has 0 saturated heterocycles. The first-order valence-corrected chi connectivity index (χ1v) is 8.12. The van der Waals surface area contributed by atoms with E-state index in [1.54, 1.807) is 23.0 Å². The van der Waals surface area contributed by atoms with Gasteiger partial charge in [-0.1, -0.05) is 25.3 Å². The first kappa shape index (κ1) is 14.4. The molecule has 4 rings (SSSR count). The Morgan fingerprint density at radius 2 is 1.74 bits per heavy atom. The number of aliphatic hydroxyl groups is 1. The van der Waals surface area contributed by atoms with Crippen LogP contribution < -0.4 is 0 Å². The average molecular weight is 310 g/mol. The highest BCUT2D eigenvalue weighted by molar-refractivity contribution is 5.81. The average Bonchev–Trinajstić information content (AvgIpc) is 2.99. The number of hydrogen-bond acceptors (Lipinski definition) is 2. The van der Waals surface area contributed by atoms with Gasteiger partial charge in [0.15, 0.2) is 0 Å². The van der Waals surface area contributed by atoms with E-state index in [1.165, 1.54) is 18.6 Å². The second kappa shape index (κ2) is 5.46. The number of hydrogen-bond donors (Lipinski definition) is 1. The first-order valence-electron chi connectivity index (χ1n) is 8.12. The molecule has 0 atom stereocenters. The Bertz CT molecular complexity index is 832. The molecule has 4 heteroatoms. The molecule has 3 nitrogen and oxygen atoms in total. The number of aromatic nitrogens is 2. The van der Waals surface area contributed by atoms with E-state index in [2.05, 4.69) is 5.10 Å². The monoisotopic (exact) mass is 310 g/mol.